The van der Waals surface area contributed by atoms with E-state index in [2.05, 4.69) is 9.97 Å². The number of nitrogens with zero attached hydrogens (tertiary/aromatic N) is 4. The molecule has 0 bridgehead atoms. The zero-order valence-electron chi connectivity index (χ0n) is 14.3. The van der Waals surface area contributed by atoms with E-state index in [1.54, 1.807) is 6.20 Å². The zero-order chi connectivity index (χ0) is 17.4. The van der Waals surface area contributed by atoms with Crippen molar-refractivity contribution in [2.45, 2.75) is 13.0 Å². The number of hydrogen-bond acceptors (Lipinski definition) is 4. The number of morpholine rings is 1. The van der Waals surface area contributed by atoms with Gasteiger partial charge in [0, 0.05) is 36.9 Å². The summed E-state index contributed by atoms with van der Waals surface area (Å²) in [5.41, 5.74) is 2.61. The van der Waals surface area contributed by atoms with Crippen LogP contribution in [0.2, 0.25) is 0 Å². The maximum Gasteiger partial charge on any atom is 0.256 e. The van der Waals surface area contributed by atoms with Gasteiger partial charge in [-0.05, 0) is 19.1 Å². The molecule has 0 radical (unpaired) electrons. The number of fused-ring (bicyclic) bond motifs is 1. The number of hydrogen-bond donors (Lipinski definition) is 0. The van der Waals surface area contributed by atoms with Crippen molar-refractivity contribution in [2.75, 3.05) is 19.7 Å². The Labute approximate surface area is 146 Å². The Kier molecular flexibility index (Phi) is 3.97. The third kappa shape index (κ3) is 2.89. The molecule has 1 aliphatic heterocycles. The average molecular weight is 336 g/mol. The van der Waals surface area contributed by atoms with Gasteiger partial charge in [0.15, 0.2) is 0 Å². The minimum absolute atomic E-state index is 0.0379. The van der Waals surface area contributed by atoms with Crippen molar-refractivity contribution in [3.63, 3.8) is 0 Å². The highest BCUT2D eigenvalue weighted by Gasteiger charge is 2.28. The number of ether oxygens (including phenoxy) is 1. The first-order valence-corrected chi connectivity index (χ1v) is 8.38. The van der Waals surface area contributed by atoms with Crippen LogP contribution in [0, 0.1) is 6.92 Å². The molecule has 0 saturated carbocycles. The summed E-state index contributed by atoms with van der Waals surface area (Å²) in [5.74, 6) is 0.745. The topological polar surface area (TPSA) is 60.2 Å². The number of amides is 1. The highest BCUT2D eigenvalue weighted by molar-refractivity contribution is 6.07. The lowest BCUT2D eigenvalue weighted by Gasteiger charge is -2.32. The molecule has 1 aromatic carbocycles. The second-order valence-electron chi connectivity index (χ2n) is 6.31. The van der Waals surface area contributed by atoms with Gasteiger partial charge in [0.25, 0.3) is 5.91 Å². The summed E-state index contributed by atoms with van der Waals surface area (Å²) in [6.07, 6.45) is 3.42. The minimum atomic E-state index is -0.214. The molecule has 0 spiro atoms. The van der Waals surface area contributed by atoms with E-state index in [0.29, 0.717) is 25.5 Å². The largest absolute Gasteiger partial charge is 0.368 e. The first-order chi connectivity index (χ1) is 12.1. The number of aryl methyl sites for hydroxylation is 2. The summed E-state index contributed by atoms with van der Waals surface area (Å²) in [4.78, 5) is 23.5. The third-order valence-electron chi connectivity index (χ3n) is 4.61. The van der Waals surface area contributed by atoms with E-state index in [4.69, 9.17) is 4.74 Å². The summed E-state index contributed by atoms with van der Waals surface area (Å²) >= 11 is 0. The van der Waals surface area contributed by atoms with Crippen LogP contribution in [0.3, 0.4) is 0 Å². The van der Waals surface area contributed by atoms with E-state index in [-0.39, 0.29) is 12.0 Å². The Morgan fingerprint density at radius 1 is 1.28 bits per heavy atom. The molecule has 6 heteroatoms. The van der Waals surface area contributed by atoms with Crippen LogP contribution in [-0.2, 0) is 11.8 Å². The quantitative estimate of drug-likeness (QED) is 0.721. The lowest BCUT2D eigenvalue weighted by molar-refractivity contribution is -0.0247. The zero-order valence-corrected chi connectivity index (χ0v) is 14.3. The molecule has 1 saturated heterocycles. The molecular weight excluding hydrogens is 316 g/mol. The molecule has 1 aliphatic rings. The van der Waals surface area contributed by atoms with Crippen LogP contribution in [0.15, 0.2) is 42.7 Å². The molecule has 3 aromatic rings. The van der Waals surface area contributed by atoms with Gasteiger partial charge in [-0.1, -0.05) is 18.2 Å². The van der Waals surface area contributed by atoms with Crippen molar-refractivity contribution < 1.29 is 9.53 Å². The molecule has 128 valence electrons. The van der Waals surface area contributed by atoms with E-state index in [9.17, 15) is 4.79 Å². The molecule has 1 atom stereocenters. The smallest absolute Gasteiger partial charge is 0.256 e. The maximum absolute atomic E-state index is 13.1. The molecule has 1 fully saturated rings. The van der Waals surface area contributed by atoms with Crippen molar-refractivity contribution in [1.82, 2.24) is 19.4 Å². The summed E-state index contributed by atoms with van der Waals surface area (Å²) in [5, 5.41) is 0.982. The van der Waals surface area contributed by atoms with E-state index >= 15 is 0 Å². The molecule has 0 aliphatic carbocycles. The predicted octanol–water partition coefficient (Wildman–Crippen LogP) is 2.49. The second-order valence-corrected chi connectivity index (χ2v) is 6.31. The maximum atomic E-state index is 13.1. The van der Waals surface area contributed by atoms with Crippen LogP contribution in [0.25, 0.3) is 10.9 Å². The Bertz CT molecular complexity index is 934. The highest BCUT2D eigenvalue weighted by Crippen LogP contribution is 2.25. The monoisotopic (exact) mass is 336 g/mol. The molecule has 0 unspecified atom stereocenters. The van der Waals surface area contributed by atoms with Crippen molar-refractivity contribution in [3.05, 3.63) is 59.8 Å². The molecule has 3 heterocycles. The van der Waals surface area contributed by atoms with Crippen molar-refractivity contribution in [3.8, 4) is 0 Å². The van der Waals surface area contributed by atoms with Crippen LogP contribution >= 0.6 is 0 Å². The van der Waals surface area contributed by atoms with Gasteiger partial charge < -0.3 is 14.2 Å². The average Bonchev–Trinajstić information content (AvgIpc) is 2.98. The predicted molar refractivity (Wildman–Crippen MR) is 94.3 cm³/mol. The van der Waals surface area contributed by atoms with E-state index < -0.39 is 0 Å². The molecule has 25 heavy (non-hydrogen) atoms. The molecule has 1 amide bonds. The molecule has 2 aromatic heterocycles. The highest BCUT2D eigenvalue weighted by atomic mass is 16.5. The van der Waals surface area contributed by atoms with Crippen LogP contribution in [0.5, 0.6) is 0 Å². The van der Waals surface area contributed by atoms with E-state index in [1.807, 2.05) is 60.0 Å². The second kappa shape index (κ2) is 6.29. The fraction of sp³-hybridized carbons (Fsp3) is 0.316. The van der Waals surface area contributed by atoms with Gasteiger partial charge in [-0.25, -0.2) is 9.97 Å². The Hall–Kier alpha value is -2.73. The minimum Gasteiger partial charge on any atom is -0.368 e. The van der Waals surface area contributed by atoms with Gasteiger partial charge in [0.1, 0.15) is 11.9 Å². The first-order valence-electron chi connectivity index (χ1n) is 8.38. The van der Waals surface area contributed by atoms with Gasteiger partial charge >= 0.3 is 0 Å². The summed E-state index contributed by atoms with van der Waals surface area (Å²) in [6, 6.07) is 9.82. The summed E-state index contributed by atoms with van der Waals surface area (Å²) in [6.45, 7) is 3.44. The van der Waals surface area contributed by atoms with Gasteiger partial charge in [0.05, 0.1) is 24.4 Å². The SMILES string of the molecule is Cc1nccc([C@@H]2CN(C(=O)c3cn(C)c4ccccc34)CCO2)n1. The van der Waals surface area contributed by atoms with E-state index in [0.717, 1.165) is 22.2 Å². The molecule has 4 rings (SSSR count). The molecular formula is C19H20N4O2. The number of benzene rings is 1. The lowest BCUT2D eigenvalue weighted by atomic mass is 10.1. The van der Waals surface area contributed by atoms with Crippen molar-refractivity contribution in [1.29, 1.82) is 0 Å². The number of para-hydroxylation sites is 1. The number of carbonyl (C=O) groups is 1. The van der Waals surface area contributed by atoms with Crippen LogP contribution in [0.1, 0.15) is 28.0 Å². The summed E-state index contributed by atoms with van der Waals surface area (Å²) in [7, 11) is 1.96. The Morgan fingerprint density at radius 3 is 2.96 bits per heavy atom. The third-order valence-corrected chi connectivity index (χ3v) is 4.61. The number of aromatic nitrogens is 3. The van der Waals surface area contributed by atoms with Crippen molar-refractivity contribution >= 4 is 16.8 Å². The standard InChI is InChI=1S/C19H20N4O2/c1-13-20-8-7-16(21-13)18-12-23(9-10-25-18)19(24)15-11-22(2)17-6-4-3-5-14(15)17/h3-8,11,18H,9-10,12H2,1-2H3/t18-/m0/s1. The van der Waals surface area contributed by atoms with Gasteiger partial charge in [0.2, 0.25) is 0 Å². The van der Waals surface area contributed by atoms with Crippen LogP contribution in [0.4, 0.5) is 0 Å². The number of carbonyl (C=O) groups excluding carboxylic acids is 1. The fourth-order valence-electron chi connectivity index (χ4n) is 3.35. The Balaban J connectivity index is 1.61. The normalized spacial score (nSPS) is 17.8. The Morgan fingerprint density at radius 2 is 2.12 bits per heavy atom. The molecule has 6 nitrogen and oxygen atoms in total. The van der Waals surface area contributed by atoms with Crippen LogP contribution < -0.4 is 0 Å². The van der Waals surface area contributed by atoms with Crippen LogP contribution in [-0.4, -0.2) is 45.0 Å². The van der Waals surface area contributed by atoms with E-state index in [1.165, 1.54) is 0 Å². The van der Waals surface area contributed by atoms with Gasteiger partial charge in [-0.3, -0.25) is 4.79 Å². The molecule has 0 N–H and O–H groups in total. The first kappa shape index (κ1) is 15.8. The van der Waals surface area contributed by atoms with Crippen molar-refractivity contribution in [2.24, 2.45) is 7.05 Å². The fourth-order valence-corrected chi connectivity index (χ4v) is 3.35. The van der Waals surface area contributed by atoms with Gasteiger partial charge in [-0.2, -0.15) is 0 Å². The summed E-state index contributed by atoms with van der Waals surface area (Å²) < 4.78 is 7.83. The number of rotatable bonds is 2. The lowest BCUT2D eigenvalue weighted by Crippen LogP contribution is -2.42. The van der Waals surface area contributed by atoms with Gasteiger partial charge in [-0.15, -0.1) is 0 Å².